The van der Waals surface area contributed by atoms with Gasteiger partial charge in [-0.3, -0.25) is 4.79 Å². The maximum Gasteiger partial charge on any atom is 0.433 e. The van der Waals surface area contributed by atoms with Gasteiger partial charge in [0.15, 0.2) is 0 Å². The summed E-state index contributed by atoms with van der Waals surface area (Å²) in [5.41, 5.74) is 2.46. The Morgan fingerprint density at radius 3 is 2.06 bits per heavy atom. The van der Waals surface area contributed by atoms with E-state index in [-0.39, 0.29) is 5.92 Å². The first kappa shape index (κ1) is 23.4. The standard InChI is InChI=1S/C25H22F3N3O3/c26-25(27,28)21-11-10-20(14-29-21)31-22-12-9-19(13-30-22)17-3-1-15(2-4-17)16-5-7-18(8-6-16)23(32)24(33)34/h1-4,9-14,16,18H,5-8H2,(H,30,31)(H,33,34). The molecule has 1 fully saturated rings. The minimum atomic E-state index is -4.48. The number of aromatic nitrogens is 2. The van der Waals surface area contributed by atoms with Gasteiger partial charge in [-0.1, -0.05) is 24.3 Å². The van der Waals surface area contributed by atoms with Gasteiger partial charge in [0.25, 0.3) is 0 Å². The number of pyridine rings is 2. The van der Waals surface area contributed by atoms with Gasteiger partial charge in [0, 0.05) is 17.7 Å². The zero-order valence-corrected chi connectivity index (χ0v) is 18.0. The van der Waals surface area contributed by atoms with Crippen LogP contribution in [0, 0.1) is 5.92 Å². The van der Waals surface area contributed by atoms with Crippen LogP contribution in [0.25, 0.3) is 11.1 Å². The summed E-state index contributed by atoms with van der Waals surface area (Å²) >= 11 is 0. The van der Waals surface area contributed by atoms with Crippen LogP contribution in [0.4, 0.5) is 24.7 Å². The highest BCUT2D eigenvalue weighted by atomic mass is 19.4. The van der Waals surface area contributed by atoms with Gasteiger partial charge >= 0.3 is 12.1 Å². The molecular weight excluding hydrogens is 447 g/mol. The average Bonchev–Trinajstić information content (AvgIpc) is 2.84. The number of Topliss-reactive ketones (excluding diaryl/α,β-unsaturated/α-hetero) is 1. The van der Waals surface area contributed by atoms with Crippen LogP contribution < -0.4 is 5.32 Å². The molecule has 4 rings (SSSR count). The topological polar surface area (TPSA) is 92.2 Å². The number of hydrogen-bond acceptors (Lipinski definition) is 5. The van der Waals surface area contributed by atoms with E-state index in [9.17, 15) is 22.8 Å². The summed E-state index contributed by atoms with van der Waals surface area (Å²) in [4.78, 5) is 30.3. The fourth-order valence-electron chi connectivity index (χ4n) is 4.23. The number of nitrogens with one attached hydrogen (secondary N) is 1. The zero-order valence-electron chi connectivity index (χ0n) is 18.0. The van der Waals surface area contributed by atoms with Gasteiger partial charge in [0.1, 0.15) is 11.5 Å². The number of nitrogens with zero attached hydrogens (tertiary/aromatic N) is 2. The lowest BCUT2D eigenvalue weighted by Gasteiger charge is -2.27. The Morgan fingerprint density at radius 1 is 0.853 bits per heavy atom. The lowest BCUT2D eigenvalue weighted by atomic mass is 9.77. The molecule has 1 aliphatic carbocycles. The minimum absolute atomic E-state index is 0.300. The number of carboxylic acids is 1. The van der Waals surface area contributed by atoms with Crippen LogP contribution in [0.3, 0.4) is 0 Å². The van der Waals surface area contributed by atoms with E-state index in [1.807, 2.05) is 30.3 Å². The summed E-state index contributed by atoms with van der Waals surface area (Å²) in [5.74, 6) is -1.64. The van der Waals surface area contributed by atoms with E-state index in [1.165, 1.54) is 6.07 Å². The summed E-state index contributed by atoms with van der Waals surface area (Å²) in [6.45, 7) is 0. The average molecular weight is 469 g/mol. The predicted octanol–water partition coefficient (Wildman–Crippen LogP) is 5.83. The molecule has 1 saturated carbocycles. The van der Waals surface area contributed by atoms with E-state index in [1.54, 1.807) is 12.3 Å². The van der Waals surface area contributed by atoms with E-state index >= 15 is 0 Å². The molecule has 0 amide bonds. The molecule has 0 atom stereocenters. The molecule has 0 unspecified atom stereocenters. The van der Waals surface area contributed by atoms with E-state index in [0.717, 1.165) is 41.8 Å². The Kier molecular flexibility index (Phi) is 6.63. The van der Waals surface area contributed by atoms with Crippen molar-refractivity contribution in [1.29, 1.82) is 0 Å². The number of ketones is 1. The first-order chi connectivity index (χ1) is 16.2. The number of hydrogen-bond donors (Lipinski definition) is 2. The van der Waals surface area contributed by atoms with Gasteiger partial charge < -0.3 is 10.4 Å². The molecule has 2 N–H and O–H groups in total. The zero-order chi connectivity index (χ0) is 24.3. The summed E-state index contributed by atoms with van der Waals surface area (Å²) in [6, 6.07) is 13.9. The van der Waals surface area contributed by atoms with Gasteiger partial charge in [-0.25, -0.2) is 14.8 Å². The van der Waals surface area contributed by atoms with Crippen LogP contribution in [0.5, 0.6) is 0 Å². The molecule has 1 aromatic carbocycles. The Morgan fingerprint density at radius 2 is 1.53 bits per heavy atom. The summed E-state index contributed by atoms with van der Waals surface area (Å²) in [7, 11) is 0. The number of halogens is 3. The normalized spacial score (nSPS) is 18.3. The molecule has 9 heteroatoms. The third kappa shape index (κ3) is 5.41. The van der Waals surface area contributed by atoms with E-state index in [0.29, 0.717) is 30.3 Å². The van der Waals surface area contributed by atoms with Crippen molar-refractivity contribution in [3.8, 4) is 11.1 Å². The van der Waals surface area contributed by atoms with Crippen molar-refractivity contribution < 1.29 is 27.9 Å². The fraction of sp³-hybridized carbons (Fsp3) is 0.280. The maximum absolute atomic E-state index is 12.6. The summed E-state index contributed by atoms with van der Waals surface area (Å²) in [5, 5.41) is 11.8. The van der Waals surface area contributed by atoms with Crippen molar-refractivity contribution in [3.63, 3.8) is 0 Å². The summed E-state index contributed by atoms with van der Waals surface area (Å²) < 4.78 is 37.9. The minimum Gasteiger partial charge on any atom is -0.475 e. The quantitative estimate of drug-likeness (QED) is 0.441. The largest absolute Gasteiger partial charge is 0.475 e. The molecule has 0 aliphatic heterocycles. The number of rotatable bonds is 6. The van der Waals surface area contributed by atoms with Crippen molar-refractivity contribution in [2.45, 2.75) is 37.8 Å². The van der Waals surface area contributed by atoms with Crippen LogP contribution >= 0.6 is 0 Å². The Balaban J connectivity index is 1.36. The summed E-state index contributed by atoms with van der Waals surface area (Å²) in [6.07, 6.45) is 1.05. The third-order valence-corrected chi connectivity index (χ3v) is 6.11. The van der Waals surface area contributed by atoms with E-state index < -0.39 is 23.6 Å². The lowest BCUT2D eigenvalue weighted by Crippen LogP contribution is -2.27. The van der Waals surface area contributed by atoms with Gasteiger partial charge in [-0.15, -0.1) is 0 Å². The highest BCUT2D eigenvalue weighted by molar-refractivity contribution is 6.33. The number of carbonyl (C=O) groups excluding carboxylic acids is 1. The Labute approximate surface area is 193 Å². The monoisotopic (exact) mass is 469 g/mol. The molecule has 34 heavy (non-hydrogen) atoms. The number of alkyl halides is 3. The number of carboxylic acid groups (broad SMARTS) is 1. The van der Waals surface area contributed by atoms with Crippen LogP contribution in [0.15, 0.2) is 60.9 Å². The number of anilines is 2. The molecule has 0 spiro atoms. The van der Waals surface area contributed by atoms with E-state index in [4.69, 9.17) is 5.11 Å². The van der Waals surface area contributed by atoms with Crippen molar-refractivity contribution in [2.24, 2.45) is 5.92 Å². The second-order valence-corrected chi connectivity index (χ2v) is 8.33. The maximum atomic E-state index is 12.6. The molecule has 0 radical (unpaired) electrons. The van der Waals surface area contributed by atoms with Gasteiger partial charge in [0.2, 0.25) is 5.78 Å². The SMILES string of the molecule is O=C(O)C(=O)C1CCC(c2ccc(-c3ccc(Nc4ccc(C(F)(F)F)nc4)nc3)cc2)CC1. The highest BCUT2D eigenvalue weighted by Gasteiger charge is 2.32. The number of carbonyl (C=O) groups is 2. The molecule has 0 saturated heterocycles. The van der Waals surface area contributed by atoms with E-state index in [2.05, 4.69) is 15.3 Å². The Bertz CT molecular complexity index is 1150. The fourth-order valence-corrected chi connectivity index (χ4v) is 4.23. The van der Waals surface area contributed by atoms with Crippen molar-refractivity contribution in [2.75, 3.05) is 5.32 Å². The molecule has 6 nitrogen and oxygen atoms in total. The first-order valence-electron chi connectivity index (χ1n) is 10.8. The lowest BCUT2D eigenvalue weighted by molar-refractivity contribution is -0.151. The van der Waals surface area contributed by atoms with Crippen LogP contribution in [0.1, 0.15) is 42.9 Å². The Hall–Kier alpha value is -3.75. The molecule has 1 aliphatic rings. The second kappa shape index (κ2) is 9.62. The molecule has 2 heterocycles. The van der Waals surface area contributed by atoms with Crippen LogP contribution in [-0.4, -0.2) is 26.8 Å². The second-order valence-electron chi connectivity index (χ2n) is 8.33. The van der Waals surface area contributed by atoms with Gasteiger partial charge in [0.05, 0.1) is 11.9 Å². The predicted molar refractivity (Wildman–Crippen MR) is 120 cm³/mol. The molecule has 2 aromatic heterocycles. The van der Waals surface area contributed by atoms with Crippen LogP contribution in [0.2, 0.25) is 0 Å². The number of aliphatic carboxylic acids is 1. The van der Waals surface area contributed by atoms with Crippen molar-refractivity contribution in [1.82, 2.24) is 9.97 Å². The molecule has 3 aromatic rings. The molecular formula is C25H22F3N3O3. The smallest absolute Gasteiger partial charge is 0.433 e. The highest BCUT2D eigenvalue weighted by Crippen LogP contribution is 2.37. The van der Waals surface area contributed by atoms with Crippen molar-refractivity contribution in [3.05, 3.63) is 72.2 Å². The van der Waals surface area contributed by atoms with Crippen molar-refractivity contribution >= 4 is 23.3 Å². The third-order valence-electron chi connectivity index (χ3n) is 6.11. The van der Waals surface area contributed by atoms with Gasteiger partial charge in [-0.05, 0) is 67.0 Å². The van der Waals surface area contributed by atoms with Crippen LogP contribution in [-0.2, 0) is 15.8 Å². The first-order valence-corrected chi connectivity index (χ1v) is 10.8. The number of benzene rings is 1. The van der Waals surface area contributed by atoms with Gasteiger partial charge in [-0.2, -0.15) is 13.2 Å². The molecule has 0 bridgehead atoms. The molecule has 176 valence electrons.